The summed E-state index contributed by atoms with van der Waals surface area (Å²) in [6.07, 6.45) is 1.87. The zero-order valence-corrected chi connectivity index (χ0v) is 22.8. The van der Waals surface area contributed by atoms with Gasteiger partial charge in [-0.2, -0.15) is 0 Å². The summed E-state index contributed by atoms with van der Waals surface area (Å²) >= 11 is 0. The number of nitrogens with zero attached hydrogens (tertiary/aromatic N) is 2. The molecule has 0 N–H and O–H groups in total. The Labute approximate surface area is 224 Å². The van der Waals surface area contributed by atoms with Gasteiger partial charge in [0.2, 0.25) is 0 Å². The van der Waals surface area contributed by atoms with Crippen LogP contribution in [0.3, 0.4) is 0 Å². The number of aryl methyl sites for hydroxylation is 1. The molecular formula is C35H34N2O. The Morgan fingerprint density at radius 3 is 2.16 bits per heavy atom. The molecule has 190 valence electrons. The molecule has 2 heterocycles. The van der Waals surface area contributed by atoms with Gasteiger partial charge in [0.05, 0.1) is 23.1 Å². The second-order valence-corrected chi connectivity index (χ2v) is 11.0. The Hall–Kier alpha value is -4.11. The summed E-state index contributed by atoms with van der Waals surface area (Å²) in [5.74, 6) is 1.81. The van der Waals surface area contributed by atoms with E-state index in [4.69, 9.17) is 9.40 Å². The topological polar surface area (TPSA) is 31.0 Å². The predicted octanol–water partition coefficient (Wildman–Crippen LogP) is 9.72. The van der Waals surface area contributed by atoms with E-state index in [0.717, 1.165) is 39.9 Å². The molecule has 0 radical (unpaired) electrons. The van der Waals surface area contributed by atoms with Crippen molar-refractivity contribution in [3.8, 4) is 22.5 Å². The van der Waals surface area contributed by atoms with E-state index in [0.29, 0.717) is 11.8 Å². The molecule has 4 aromatic carbocycles. The monoisotopic (exact) mass is 498 g/mol. The highest BCUT2D eigenvalue weighted by molar-refractivity contribution is 5.97. The first kappa shape index (κ1) is 24.2. The highest BCUT2D eigenvalue weighted by Crippen LogP contribution is 2.37. The number of aromatic nitrogens is 2. The molecule has 38 heavy (non-hydrogen) atoms. The Morgan fingerprint density at radius 2 is 1.45 bits per heavy atom. The van der Waals surface area contributed by atoms with Gasteiger partial charge < -0.3 is 8.98 Å². The lowest BCUT2D eigenvalue weighted by atomic mass is 9.87. The van der Waals surface area contributed by atoms with E-state index < -0.39 is 0 Å². The number of hydrogen-bond acceptors (Lipinski definition) is 2. The van der Waals surface area contributed by atoms with Gasteiger partial charge in [-0.1, -0.05) is 93.9 Å². The normalized spacial score (nSPS) is 11.9. The van der Waals surface area contributed by atoms with Crippen molar-refractivity contribution in [3.63, 3.8) is 0 Å². The van der Waals surface area contributed by atoms with Crippen LogP contribution in [0.15, 0.2) is 95.6 Å². The van der Waals surface area contributed by atoms with Crippen LogP contribution >= 0.6 is 0 Å². The van der Waals surface area contributed by atoms with Crippen molar-refractivity contribution in [1.29, 1.82) is 0 Å². The van der Waals surface area contributed by atoms with Gasteiger partial charge in [0, 0.05) is 5.39 Å². The fourth-order valence-electron chi connectivity index (χ4n) is 5.70. The zero-order chi connectivity index (χ0) is 26.4. The van der Waals surface area contributed by atoms with E-state index in [1.54, 1.807) is 0 Å². The van der Waals surface area contributed by atoms with E-state index in [-0.39, 0.29) is 0 Å². The number of benzene rings is 4. The van der Waals surface area contributed by atoms with Crippen LogP contribution in [-0.2, 0) is 6.54 Å². The molecule has 0 aliphatic rings. The Morgan fingerprint density at radius 1 is 0.763 bits per heavy atom. The number of furan rings is 1. The van der Waals surface area contributed by atoms with Crippen LogP contribution in [0.2, 0.25) is 0 Å². The molecule has 6 aromatic rings. The molecule has 0 aliphatic heterocycles. The molecular weight excluding hydrogens is 464 g/mol. The van der Waals surface area contributed by atoms with Crippen LogP contribution in [0.4, 0.5) is 0 Å². The first-order valence-corrected chi connectivity index (χ1v) is 13.6. The van der Waals surface area contributed by atoms with Crippen molar-refractivity contribution in [2.75, 3.05) is 0 Å². The summed E-state index contributed by atoms with van der Waals surface area (Å²) in [5, 5.41) is 1.08. The first-order chi connectivity index (χ1) is 18.4. The fraction of sp³-hybridized carbons (Fsp3) is 0.229. The van der Waals surface area contributed by atoms with Gasteiger partial charge in [-0.3, -0.25) is 0 Å². The average molecular weight is 499 g/mol. The SMILES string of the molecule is Cc1cc(C(C)C)c(Cn2c(-c3coc4ccc(-c5ccccc5)cc34)nc3ccccc32)c(C(C)C)c1. The maximum Gasteiger partial charge on any atom is 0.145 e. The maximum atomic E-state index is 6.08. The van der Waals surface area contributed by atoms with Gasteiger partial charge in [0.25, 0.3) is 0 Å². The smallest absolute Gasteiger partial charge is 0.145 e. The summed E-state index contributed by atoms with van der Waals surface area (Å²) < 4.78 is 8.47. The fourth-order valence-corrected chi connectivity index (χ4v) is 5.70. The minimum absolute atomic E-state index is 0.434. The van der Waals surface area contributed by atoms with Crippen molar-refractivity contribution in [3.05, 3.63) is 113 Å². The molecule has 0 saturated carbocycles. The van der Waals surface area contributed by atoms with Crippen molar-refractivity contribution in [2.45, 2.75) is 53.0 Å². The van der Waals surface area contributed by atoms with Gasteiger partial charge in [0.15, 0.2) is 0 Å². The maximum absolute atomic E-state index is 6.08. The highest BCUT2D eigenvalue weighted by atomic mass is 16.3. The summed E-state index contributed by atoms with van der Waals surface area (Å²) in [4.78, 5) is 5.17. The molecule has 0 fully saturated rings. The number of imidazole rings is 1. The van der Waals surface area contributed by atoms with Crippen LogP contribution in [0.5, 0.6) is 0 Å². The van der Waals surface area contributed by atoms with E-state index in [9.17, 15) is 0 Å². The largest absolute Gasteiger partial charge is 0.464 e. The minimum atomic E-state index is 0.434. The molecule has 0 bridgehead atoms. The predicted molar refractivity (Wildman–Crippen MR) is 159 cm³/mol. The van der Waals surface area contributed by atoms with Gasteiger partial charge >= 0.3 is 0 Å². The van der Waals surface area contributed by atoms with Gasteiger partial charge in [-0.05, 0) is 70.8 Å². The van der Waals surface area contributed by atoms with E-state index >= 15 is 0 Å². The summed E-state index contributed by atoms with van der Waals surface area (Å²) in [7, 11) is 0. The number of para-hydroxylation sites is 2. The van der Waals surface area contributed by atoms with E-state index in [1.165, 1.54) is 33.4 Å². The molecule has 0 amide bonds. The summed E-state index contributed by atoms with van der Waals surface area (Å²) in [5.41, 5.74) is 12.0. The second kappa shape index (κ2) is 9.64. The summed E-state index contributed by atoms with van der Waals surface area (Å²) in [6, 6.07) is 30.1. The van der Waals surface area contributed by atoms with Crippen molar-refractivity contribution < 1.29 is 4.42 Å². The quantitative estimate of drug-likeness (QED) is 0.229. The third-order valence-corrected chi connectivity index (χ3v) is 7.60. The minimum Gasteiger partial charge on any atom is -0.464 e. The third-order valence-electron chi connectivity index (χ3n) is 7.60. The highest BCUT2D eigenvalue weighted by Gasteiger charge is 2.21. The van der Waals surface area contributed by atoms with Crippen LogP contribution < -0.4 is 0 Å². The van der Waals surface area contributed by atoms with Gasteiger partial charge in [-0.25, -0.2) is 4.98 Å². The van der Waals surface area contributed by atoms with Crippen molar-refractivity contribution >= 4 is 22.0 Å². The lowest BCUT2D eigenvalue weighted by Gasteiger charge is -2.22. The standard InChI is InChI=1S/C35H34N2O/c1-22(2)27-17-24(5)18-28(23(3)4)30(27)20-37-33-14-10-9-13-32(33)36-35(37)31-21-38-34-16-15-26(19-29(31)34)25-11-7-6-8-12-25/h6-19,21-23H,20H2,1-5H3. The lowest BCUT2D eigenvalue weighted by molar-refractivity contribution is 0.616. The van der Waals surface area contributed by atoms with Crippen LogP contribution in [0.25, 0.3) is 44.5 Å². The first-order valence-electron chi connectivity index (χ1n) is 13.6. The molecule has 3 heteroatoms. The number of fused-ring (bicyclic) bond motifs is 2. The molecule has 0 spiro atoms. The number of rotatable bonds is 6. The molecule has 0 atom stereocenters. The molecule has 0 saturated heterocycles. The lowest BCUT2D eigenvalue weighted by Crippen LogP contribution is -2.10. The Bertz CT molecular complexity index is 1720. The van der Waals surface area contributed by atoms with Crippen LogP contribution in [-0.4, -0.2) is 9.55 Å². The zero-order valence-electron chi connectivity index (χ0n) is 22.8. The summed E-state index contributed by atoms with van der Waals surface area (Å²) in [6.45, 7) is 12.2. The van der Waals surface area contributed by atoms with E-state index in [1.807, 2.05) is 6.26 Å². The Kier molecular flexibility index (Phi) is 6.15. The molecule has 0 unspecified atom stereocenters. The second-order valence-electron chi connectivity index (χ2n) is 11.0. The van der Waals surface area contributed by atoms with Gasteiger partial charge in [0.1, 0.15) is 17.7 Å². The number of hydrogen-bond donors (Lipinski definition) is 0. The van der Waals surface area contributed by atoms with Crippen molar-refractivity contribution in [1.82, 2.24) is 9.55 Å². The molecule has 6 rings (SSSR count). The molecule has 3 nitrogen and oxygen atoms in total. The van der Waals surface area contributed by atoms with Crippen molar-refractivity contribution in [2.24, 2.45) is 0 Å². The average Bonchev–Trinajstić information content (AvgIpc) is 3.50. The van der Waals surface area contributed by atoms with E-state index in [2.05, 4.69) is 124 Å². The van der Waals surface area contributed by atoms with Crippen LogP contribution in [0, 0.1) is 6.92 Å². The van der Waals surface area contributed by atoms with Crippen LogP contribution in [0.1, 0.15) is 61.8 Å². The molecule has 2 aromatic heterocycles. The third kappa shape index (κ3) is 4.22. The molecule has 0 aliphatic carbocycles. The van der Waals surface area contributed by atoms with Gasteiger partial charge in [-0.15, -0.1) is 0 Å². The Balaban J connectivity index is 1.57.